The van der Waals surface area contributed by atoms with Crippen LogP contribution in [0, 0.1) is 0 Å². The van der Waals surface area contributed by atoms with E-state index < -0.39 is 81.0 Å². The molecule has 202 valence electrons. The number of ether oxygens (including phenoxy) is 5. The van der Waals surface area contributed by atoms with Gasteiger partial charge in [-0.25, -0.2) is 0 Å². The van der Waals surface area contributed by atoms with E-state index >= 15 is 0 Å². The Hall–Kier alpha value is -1.01. The highest BCUT2D eigenvalue weighted by molar-refractivity contribution is 5.66. The molecule has 14 nitrogen and oxygen atoms in total. The third-order valence-electron chi connectivity index (χ3n) is 5.24. The Labute approximate surface area is 198 Å². The largest absolute Gasteiger partial charge is 0.481 e. The summed E-state index contributed by atoms with van der Waals surface area (Å²) in [6, 6.07) is -1.06. The fourth-order valence-electron chi connectivity index (χ4n) is 3.24. The molecular formula is C20H40N2O12. The topological polar surface area (TPSA) is 237 Å². The highest BCUT2D eigenvalue weighted by Gasteiger charge is 2.45. The fraction of sp³-hybridized carbons (Fsp3) is 0.950. The molecule has 1 aliphatic heterocycles. The number of hydrogen-bond acceptors (Lipinski definition) is 13. The van der Waals surface area contributed by atoms with Crippen LogP contribution in [-0.4, -0.2) is 131 Å². The van der Waals surface area contributed by atoms with E-state index in [-0.39, 0.29) is 26.1 Å². The predicted octanol–water partition coefficient (Wildman–Crippen LogP) is -3.53. The Morgan fingerprint density at radius 3 is 2.41 bits per heavy atom. The van der Waals surface area contributed by atoms with Crippen molar-refractivity contribution < 1.29 is 59.1 Å². The van der Waals surface area contributed by atoms with Gasteiger partial charge in [-0.2, -0.15) is 0 Å². The number of hydrogen-bond donors (Lipinski definition) is 8. The summed E-state index contributed by atoms with van der Waals surface area (Å²) in [7, 11) is 0. The number of nitrogens with two attached hydrogens (primary N) is 2. The third-order valence-corrected chi connectivity index (χ3v) is 5.24. The van der Waals surface area contributed by atoms with Gasteiger partial charge in [0, 0.05) is 13.0 Å². The van der Waals surface area contributed by atoms with Crippen LogP contribution in [0.25, 0.3) is 0 Å². The highest BCUT2D eigenvalue weighted by atomic mass is 16.7. The van der Waals surface area contributed by atoms with Gasteiger partial charge in [-0.3, -0.25) is 4.79 Å². The molecule has 0 spiro atoms. The zero-order valence-corrected chi connectivity index (χ0v) is 19.3. The molecule has 34 heavy (non-hydrogen) atoms. The molecule has 0 bridgehead atoms. The van der Waals surface area contributed by atoms with Crippen LogP contribution >= 0.6 is 0 Å². The van der Waals surface area contributed by atoms with E-state index in [2.05, 4.69) is 0 Å². The first kappa shape index (κ1) is 31.0. The lowest BCUT2D eigenvalue weighted by Gasteiger charge is -2.43. The summed E-state index contributed by atoms with van der Waals surface area (Å²) < 4.78 is 27.9. The standard InChI is InChI=1S/C20H40N2O12/c1-11(13(9-24)33-19(12(26)8-23)31-6-2-4-15(27)28)32-20-16(22)17(29)18(14(10-25)34-20)30-7-3-5-21/h11-14,16-20,23-26,29H,2-10,21-22H2,1H3,(H,27,28)/t11-,12-,13?,14?,16-,17?,18+,19+,20+/m0/s1. The van der Waals surface area contributed by atoms with E-state index in [9.17, 15) is 30.3 Å². The number of carbonyl (C=O) groups is 1. The maximum absolute atomic E-state index is 10.6. The van der Waals surface area contributed by atoms with Crippen LogP contribution in [0.3, 0.4) is 0 Å². The summed E-state index contributed by atoms with van der Waals surface area (Å²) in [6.07, 6.45) is -8.54. The summed E-state index contributed by atoms with van der Waals surface area (Å²) in [5, 5.41) is 57.9. The van der Waals surface area contributed by atoms with Crippen molar-refractivity contribution in [2.24, 2.45) is 11.5 Å². The summed E-state index contributed by atoms with van der Waals surface area (Å²) in [5.41, 5.74) is 11.5. The van der Waals surface area contributed by atoms with Gasteiger partial charge in [0.15, 0.2) is 12.6 Å². The van der Waals surface area contributed by atoms with Gasteiger partial charge >= 0.3 is 5.97 Å². The van der Waals surface area contributed by atoms with E-state index in [1.54, 1.807) is 0 Å². The second kappa shape index (κ2) is 16.6. The number of aliphatic carboxylic acids is 1. The van der Waals surface area contributed by atoms with Crippen LogP contribution in [0.5, 0.6) is 0 Å². The molecule has 10 N–H and O–H groups in total. The predicted molar refractivity (Wildman–Crippen MR) is 115 cm³/mol. The summed E-state index contributed by atoms with van der Waals surface area (Å²) in [5.74, 6) is -1.02. The number of aliphatic hydroxyl groups excluding tert-OH is 5. The van der Waals surface area contributed by atoms with Crippen LogP contribution in [0.15, 0.2) is 0 Å². The molecule has 0 aliphatic carbocycles. The Morgan fingerprint density at radius 2 is 1.85 bits per heavy atom. The van der Waals surface area contributed by atoms with E-state index in [0.29, 0.717) is 13.0 Å². The van der Waals surface area contributed by atoms with Gasteiger partial charge in [-0.15, -0.1) is 0 Å². The van der Waals surface area contributed by atoms with Crippen molar-refractivity contribution in [2.45, 2.75) is 81.4 Å². The number of rotatable bonds is 18. The molecule has 0 radical (unpaired) electrons. The van der Waals surface area contributed by atoms with Crippen molar-refractivity contribution in [1.82, 2.24) is 0 Å². The van der Waals surface area contributed by atoms with Crippen molar-refractivity contribution in [3.63, 3.8) is 0 Å². The zero-order chi connectivity index (χ0) is 25.7. The summed E-state index contributed by atoms with van der Waals surface area (Å²) in [4.78, 5) is 10.6. The lowest BCUT2D eigenvalue weighted by atomic mass is 9.97. The first-order chi connectivity index (χ1) is 16.2. The first-order valence-corrected chi connectivity index (χ1v) is 11.3. The molecule has 1 saturated heterocycles. The molecule has 0 aromatic carbocycles. The van der Waals surface area contributed by atoms with E-state index in [1.165, 1.54) is 6.92 Å². The molecular weight excluding hydrogens is 460 g/mol. The Morgan fingerprint density at radius 1 is 1.15 bits per heavy atom. The molecule has 1 fully saturated rings. The van der Waals surface area contributed by atoms with Gasteiger partial charge in [0.05, 0.1) is 38.6 Å². The van der Waals surface area contributed by atoms with Crippen LogP contribution in [0.4, 0.5) is 0 Å². The lowest BCUT2D eigenvalue weighted by Crippen LogP contribution is -2.64. The van der Waals surface area contributed by atoms with Crippen molar-refractivity contribution in [3.05, 3.63) is 0 Å². The van der Waals surface area contributed by atoms with Gasteiger partial charge in [-0.05, 0) is 26.3 Å². The normalized spacial score (nSPS) is 28.9. The minimum absolute atomic E-state index is 0.0755. The molecule has 0 aromatic heterocycles. The Balaban J connectivity index is 2.75. The van der Waals surface area contributed by atoms with Gasteiger partial charge < -0.3 is 65.8 Å². The van der Waals surface area contributed by atoms with Crippen LogP contribution in [-0.2, 0) is 28.5 Å². The van der Waals surface area contributed by atoms with Crippen molar-refractivity contribution in [2.75, 3.05) is 39.6 Å². The second-order valence-corrected chi connectivity index (χ2v) is 7.96. The monoisotopic (exact) mass is 500 g/mol. The van der Waals surface area contributed by atoms with Crippen LogP contribution in [0.1, 0.15) is 26.2 Å². The average Bonchev–Trinajstić information content (AvgIpc) is 2.82. The molecule has 1 heterocycles. The summed E-state index contributed by atoms with van der Waals surface area (Å²) in [6.45, 7) is 0.327. The third kappa shape index (κ3) is 9.93. The smallest absolute Gasteiger partial charge is 0.303 e. The summed E-state index contributed by atoms with van der Waals surface area (Å²) >= 11 is 0. The number of carboxylic acid groups (broad SMARTS) is 1. The highest BCUT2D eigenvalue weighted by Crippen LogP contribution is 2.25. The van der Waals surface area contributed by atoms with E-state index in [4.69, 9.17) is 40.3 Å². The van der Waals surface area contributed by atoms with Gasteiger partial charge in [-0.1, -0.05) is 0 Å². The van der Waals surface area contributed by atoms with Crippen LogP contribution in [0.2, 0.25) is 0 Å². The second-order valence-electron chi connectivity index (χ2n) is 7.96. The molecule has 0 amide bonds. The van der Waals surface area contributed by atoms with E-state index in [1.807, 2.05) is 0 Å². The molecule has 9 atom stereocenters. The molecule has 0 saturated carbocycles. The van der Waals surface area contributed by atoms with Crippen molar-refractivity contribution in [1.29, 1.82) is 0 Å². The maximum atomic E-state index is 10.6. The van der Waals surface area contributed by atoms with Crippen molar-refractivity contribution >= 4 is 5.97 Å². The van der Waals surface area contributed by atoms with Crippen molar-refractivity contribution in [3.8, 4) is 0 Å². The van der Waals surface area contributed by atoms with E-state index in [0.717, 1.165) is 0 Å². The Kier molecular flexibility index (Phi) is 15.2. The molecule has 1 aliphatic rings. The average molecular weight is 501 g/mol. The molecule has 1 rings (SSSR count). The number of aliphatic hydroxyl groups is 5. The van der Waals surface area contributed by atoms with Crippen LogP contribution < -0.4 is 11.5 Å². The molecule has 0 aromatic rings. The minimum Gasteiger partial charge on any atom is -0.481 e. The lowest BCUT2D eigenvalue weighted by molar-refractivity contribution is -0.303. The van der Waals surface area contributed by atoms with Gasteiger partial charge in [0.25, 0.3) is 0 Å². The first-order valence-electron chi connectivity index (χ1n) is 11.3. The SMILES string of the molecule is C[C@H](O[C@@H]1OC(CO)[C@@H](OCCCN)C(O)[C@@H]1N)C(CO)O[C@@H](OCCCC(=O)O)[C@@H](O)CO. The molecule has 3 unspecified atom stereocenters. The maximum Gasteiger partial charge on any atom is 0.303 e. The fourth-order valence-corrected chi connectivity index (χ4v) is 3.24. The van der Waals surface area contributed by atoms with Gasteiger partial charge in [0.1, 0.15) is 30.5 Å². The Bertz CT molecular complexity index is 558. The minimum atomic E-state index is -1.47. The zero-order valence-electron chi connectivity index (χ0n) is 19.3. The number of carboxylic acids is 1. The van der Waals surface area contributed by atoms with Gasteiger partial charge in [0.2, 0.25) is 0 Å². The quantitative estimate of drug-likeness (QED) is 0.0672. The molecule has 14 heteroatoms.